The van der Waals surface area contributed by atoms with Gasteiger partial charge in [-0.2, -0.15) is 11.8 Å². The minimum Gasteiger partial charge on any atom is -0.456 e. The molecule has 1 N–H and O–H groups in total. The number of thioether (sulfide) groups is 1. The number of esters is 1. The van der Waals surface area contributed by atoms with E-state index in [2.05, 4.69) is 27.8 Å². The van der Waals surface area contributed by atoms with Gasteiger partial charge in [-0.1, -0.05) is 37.1 Å². The van der Waals surface area contributed by atoms with Gasteiger partial charge in [0.25, 0.3) is 5.91 Å². The summed E-state index contributed by atoms with van der Waals surface area (Å²) in [7, 11) is 0. The van der Waals surface area contributed by atoms with Crippen LogP contribution in [0.1, 0.15) is 42.4 Å². The highest BCUT2D eigenvalue weighted by molar-refractivity contribution is 7.98. The van der Waals surface area contributed by atoms with E-state index in [1.807, 2.05) is 6.26 Å². The first-order valence-electron chi connectivity index (χ1n) is 9.02. The van der Waals surface area contributed by atoms with Gasteiger partial charge in [-0.05, 0) is 47.4 Å². The van der Waals surface area contributed by atoms with Gasteiger partial charge in [0.1, 0.15) is 6.04 Å². The van der Waals surface area contributed by atoms with E-state index in [9.17, 15) is 9.59 Å². The first kappa shape index (κ1) is 22.2. The predicted octanol–water partition coefficient (Wildman–Crippen LogP) is 2.72. The van der Waals surface area contributed by atoms with Crippen LogP contribution in [0, 0.1) is 0 Å². The highest BCUT2D eigenvalue weighted by Crippen LogP contribution is 2.15. The van der Waals surface area contributed by atoms with Gasteiger partial charge in [0, 0.05) is 6.54 Å². The molecule has 0 unspecified atom stereocenters. The maximum Gasteiger partial charge on any atom is 0.329 e. The maximum absolute atomic E-state index is 12.6. The molecule has 0 saturated carbocycles. The second kappa shape index (κ2) is 11.7. The molecule has 1 heterocycles. The number of halogens is 1. The predicted molar refractivity (Wildman–Crippen MR) is 108 cm³/mol. The number of nitrogens with zero attached hydrogens (tertiary/aromatic N) is 4. The smallest absolute Gasteiger partial charge is 0.329 e. The van der Waals surface area contributed by atoms with Crippen LogP contribution in [0.15, 0.2) is 24.3 Å². The molecule has 1 aromatic heterocycles. The summed E-state index contributed by atoms with van der Waals surface area (Å²) in [6.07, 6.45) is 4.30. The molecular formula is C18H24ClN5O3S. The number of aromatic nitrogens is 4. The Balaban J connectivity index is 2.00. The second-order valence-corrected chi connectivity index (χ2v) is 7.46. The van der Waals surface area contributed by atoms with Crippen LogP contribution in [0.2, 0.25) is 5.02 Å². The van der Waals surface area contributed by atoms with Crippen LogP contribution in [0.25, 0.3) is 0 Å². The average Bonchev–Trinajstić information content (AvgIpc) is 3.15. The lowest BCUT2D eigenvalue weighted by atomic mass is 10.1. The summed E-state index contributed by atoms with van der Waals surface area (Å²) in [4.78, 5) is 25.1. The van der Waals surface area contributed by atoms with Gasteiger partial charge >= 0.3 is 5.97 Å². The van der Waals surface area contributed by atoms with E-state index in [0.717, 1.165) is 12.8 Å². The molecule has 1 atom stereocenters. The Hall–Kier alpha value is -2.13. The molecule has 10 heteroatoms. The number of tetrazole rings is 1. The van der Waals surface area contributed by atoms with Crippen LogP contribution in [-0.2, 0) is 22.7 Å². The van der Waals surface area contributed by atoms with Crippen LogP contribution in [0.3, 0.4) is 0 Å². The van der Waals surface area contributed by atoms with Gasteiger partial charge in [-0.15, -0.1) is 5.10 Å². The van der Waals surface area contributed by atoms with Gasteiger partial charge in [0.15, 0.2) is 12.4 Å². The number of hydrogen-bond donors (Lipinski definition) is 1. The molecule has 152 valence electrons. The minimum absolute atomic E-state index is 0.0483. The number of unbranched alkanes of at least 4 members (excludes halogenated alkanes) is 1. The van der Waals surface area contributed by atoms with Crippen LogP contribution in [0.5, 0.6) is 0 Å². The van der Waals surface area contributed by atoms with E-state index >= 15 is 0 Å². The van der Waals surface area contributed by atoms with E-state index in [4.69, 9.17) is 16.3 Å². The largest absolute Gasteiger partial charge is 0.456 e. The van der Waals surface area contributed by atoms with Crippen LogP contribution < -0.4 is 5.32 Å². The zero-order valence-corrected chi connectivity index (χ0v) is 17.5. The van der Waals surface area contributed by atoms with Crippen molar-refractivity contribution in [1.82, 2.24) is 25.5 Å². The highest BCUT2D eigenvalue weighted by Gasteiger charge is 2.24. The van der Waals surface area contributed by atoms with E-state index < -0.39 is 17.9 Å². The number of rotatable bonds is 11. The zero-order chi connectivity index (χ0) is 20.4. The SMILES string of the molecule is CCCCn1nnnc1COC(=O)[C@H](CCSC)NC(=O)c1ccccc1Cl. The molecule has 0 radical (unpaired) electrons. The Bertz CT molecular complexity index is 786. The summed E-state index contributed by atoms with van der Waals surface area (Å²) >= 11 is 7.65. The van der Waals surface area contributed by atoms with Crippen molar-refractivity contribution in [3.63, 3.8) is 0 Å². The first-order chi connectivity index (χ1) is 13.6. The van der Waals surface area contributed by atoms with E-state index in [0.29, 0.717) is 35.1 Å². The summed E-state index contributed by atoms with van der Waals surface area (Å²) in [5.74, 6) is 0.223. The molecule has 2 rings (SSSR count). The summed E-state index contributed by atoms with van der Waals surface area (Å²) in [6.45, 7) is 2.69. The van der Waals surface area contributed by atoms with Crippen LogP contribution in [-0.4, -0.2) is 50.1 Å². The number of aryl methyl sites for hydroxylation is 1. The molecule has 0 aliphatic heterocycles. The quantitative estimate of drug-likeness (QED) is 0.552. The Labute approximate surface area is 173 Å². The molecule has 0 saturated heterocycles. The number of nitrogens with one attached hydrogen (secondary N) is 1. The molecule has 0 aliphatic rings. The lowest BCUT2D eigenvalue weighted by molar-refractivity contribution is -0.147. The Kier molecular flexibility index (Phi) is 9.22. The van der Waals surface area contributed by atoms with E-state index in [1.165, 1.54) is 0 Å². The number of amides is 1. The van der Waals surface area contributed by atoms with Gasteiger partial charge in [-0.25, -0.2) is 9.48 Å². The maximum atomic E-state index is 12.6. The lowest BCUT2D eigenvalue weighted by Gasteiger charge is -2.17. The van der Waals surface area contributed by atoms with Crippen molar-refractivity contribution in [3.8, 4) is 0 Å². The molecular weight excluding hydrogens is 402 g/mol. The number of hydrogen-bond acceptors (Lipinski definition) is 7. The van der Waals surface area contributed by atoms with Gasteiger partial charge in [0.05, 0.1) is 10.6 Å². The van der Waals surface area contributed by atoms with Crippen molar-refractivity contribution in [1.29, 1.82) is 0 Å². The summed E-state index contributed by atoms with van der Waals surface area (Å²) in [5, 5.41) is 14.5. The standard InChI is InChI=1S/C18H24ClN5O3S/c1-3-4-10-24-16(21-22-23-24)12-27-18(26)15(9-11-28-2)20-17(25)13-7-5-6-8-14(13)19/h5-8,15H,3-4,9-12H2,1-2H3,(H,20,25)/t15-/m0/s1. The average molecular weight is 426 g/mol. The second-order valence-electron chi connectivity index (χ2n) is 6.07. The molecule has 0 aliphatic carbocycles. The molecule has 0 fully saturated rings. The van der Waals surface area contributed by atoms with E-state index in [-0.39, 0.29) is 6.61 Å². The van der Waals surface area contributed by atoms with Crippen molar-refractivity contribution in [2.75, 3.05) is 12.0 Å². The fourth-order valence-electron chi connectivity index (χ4n) is 2.41. The fraction of sp³-hybridized carbons (Fsp3) is 0.500. The van der Waals surface area contributed by atoms with E-state index in [1.54, 1.807) is 40.7 Å². The molecule has 8 nitrogen and oxygen atoms in total. The number of carbonyl (C=O) groups excluding carboxylic acids is 2. The minimum atomic E-state index is -0.781. The van der Waals surface area contributed by atoms with Gasteiger partial charge in [-0.3, -0.25) is 4.79 Å². The Morgan fingerprint density at radius 2 is 2.14 bits per heavy atom. The summed E-state index contributed by atoms with van der Waals surface area (Å²) in [6, 6.07) is 5.90. The number of benzene rings is 1. The van der Waals surface area contributed by atoms with Crippen LogP contribution in [0.4, 0.5) is 0 Å². The molecule has 0 bridgehead atoms. The Morgan fingerprint density at radius 1 is 1.36 bits per heavy atom. The number of carbonyl (C=O) groups is 2. The fourth-order valence-corrected chi connectivity index (χ4v) is 3.10. The first-order valence-corrected chi connectivity index (χ1v) is 10.8. The van der Waals surface area contributed by atoms with Crippen molar-refractivity contribution < 1.29 is 14.3 Å². The van der Waals surface area contributed by atoms with Crippen molar-refractivity contribution in [2.45, 2.75) is 45.4 Å². The summed E-state index contributed by atoms with van der Waals surface area (Å²) < 4.78 is 7.00. The molecule has 28 heavy (non-hydrogen) atoms. The van der Waals surface area contributed by atoms with Crippen molar-refractivity contribution >= 4 is 35.2 Å². The van der Waals surface area contributed by atoms with Crippen molar-refractivity contribution in [3.05, 3.63) is 40.7 Å². The molecule has 1 amide bonds. The molecule has 1 aromatic carbocycles. The van der Waals surface area contributed by atoms with Gasteiger partial charge < -0.3 is 10.1 Å². The zero-order valence-electron chi connectivity index (χ0n) is 15.9. The monoisotopic (exact) mass is 425 g/mol. The third kappa shape index (κ3) is 6.49. The third-order valence-electron chi connectivity index (χ3n) is 3.99. The highest BCUT2D eigenvalue weighted by atomic mass is 35.5. The normalized spacial score (nSPS) is 11.8. The lowest BCUT2D eigenvalue weighted by Crippen LogP contribution is -2.42. The van der Waals surface area contributed by atoms with Crippen molar-refractivity contribution in [2.24, 2.45) is 0 Å². The van der Waals surface area contributed by atoms with Crippen LogP contribution >= 0.6 is 23.4 Å². The molecule has 2 aromatic rings. The summed E-state index contributed by atoms with van der Waals surface area (Å²) in [5.41, 5.74) is 0.314. The third-order valence-corrected chi connectivity index (χ3v) is 4.97. The number of ether oxygens (including phenoxy) is 1. The molecule has 0 spiro atoms. The van der Waals surface area contributed by atoms with Gasteiger partial charge in [0.2, 0.25) is 0 Å². The topological polar surface area (TPSA) is 99.0 Å². The Morgan fingerprint density at radius 3 is 2.86 bits per heavy atom.